The van der Waals surface area contributed by atoms with Crippen molar-refractivity contribution < 1.29 is 18.7 Å². The van der Waals surface area contributed by atoms with Gasteiger partial charge in [0.2, 0.25) is 0 Å². The number of carbonyl (C=O) groups is 1. The molecule has 11 heteroatoms. The fourth-order valence-electron chi connectivity index (χ4n) is 5.25. The summed E-state index contributed by atoms with van der Waals surface area (Å²) in [5.74, 6) is 0.239. The number of benzene rings is 1. The monoisotopic (exact) mass is 661 g/mol. The maximum absolute atomic E-state index is 15.3. The average molecular weight is 662 g/mol. The highest BCUT2D eigenvalue weighted by Crippen LogP contribution is 2.40. The number of anilines is 1. The Labute approximate surface area is 226 Å². The van der Waals surface area contributed by atoms with Crippen LogP contribution in [-0.2, 0) is 4.74 Å². The van der Waals surface area contributed by atoms with E-state index in [4.69, 9.17) is 14.5 Å². The number of likely N-dealkylation sites (N-methyl/N-ethyl adjacent to an activating group) is 1. The molecule has 3 aliphatic heterocycles. The summed E-state index contributed by atoms with van der Waals surface area (Å²) in [7, 11) is 2.09. The molecule has 2 aromatic rings. The second-order valence-electron chi connectivity index (χ2n) is 10.6. The summed E-state index contributed by atoms with van der Waals surface area (Å²) in [5.41, 5.74) is -0.299. The van der Waals surface area contributed by atoms with Gasteiger partial charge >= 0.3 is 12.1 Å². The Hall–Kier alpha value is -1.47. The van der Waals surface area contributed by atoms with E-state index < -0.39 is 11.4 Å². The number of hydrogen-bond donors (Lipinski definition) is 0. The number of piperazine rings is 1. The van der Waals surface area contributed by atoms with E-state index in [0.717, 1.165) is 29.4 Å². The van der Waals surface area contributed by atoms with E-state index in [1.165, 1.54) is 0 Å². The Morgan fingerprint density at radius 2 is 2.06 bits per heavy atom. The number of hydrogen-bond acceptors (Lipinski definition) is 7. The number of aromatic nitrogens is 2. The zero-order valence-electron chi connectivity index (χ0n) is 20.4. The van der Waals surface area contributed by atoms with E-state index in [1.807, 2.05) is 31.7 Å². The van der Waals surface area contributed by atoms with Crippen molar-refractivity contribution in [2.75, 3.05) is 38.2 Å². The number of ether oxygens (including phenoxy) is 2. The summed E-state index contributed by atoms with van der Waals surface area (Å²) < 4.78 is 28.1. The molecule has 8 nitrogen and oxygen atoms in total. The van der Waals surface area contributed by atoms with Crippen LogP contribution in [0.5, 0.6) is 6.01 Å². The maximum atomic E-state index is 15.3. The first-order valence-corrected chi connectivity index (χ1v) is 13.8. The van der Waals surface area contributed by atoms with Gasteiger partial charge in [-0.25, -0.2) is 9.18 Å². The van der Waals surface area contributed by atoms with Crippen molar-refractivity contribution in [3.8, 4) is 6.01 Å². The lowest BCUT2D eigenvalue weighted by atomic mass is 10.2. The third-order valence-electron chi connectivity index (χ3n) is 7.00. The van der Waals surface area contributed by atoms with Crippen molar-refractivity contribution in [1.82, 2.24) is 19.8 Å². The van der Waals surface area contributed by atoms with Crippen LogP contribution >= 0.6 is 38.5 Å². The molecule has 0 aliphatic carbocycles. The molecule has 3 aliphatic rings. The van der Waals surface area contributed by atoms with Crippen molar-refractivity contribution in [3.05, 3.63) is 19.9 Å². The van der Waals surface area contributed by atoms with Gasteiger partial charge in [-0.05, 0) is 98.2 Å². The van der Waals surface area contributed by atoms with Crippen molar-refractivity contribution in [3.63, 3.8) is 0 Å². The van der Waals surface area contributed by atoms with Gasteiger partial charge in [0, 0.05) is 28.1 Å². The van der Waals surface area contributed by atoms with Gasteiger partial charge < -0.3 is 24.2 Å². The van der Waals surface area contributed by atoms with Crippen molar-refractivity contribution in [1.29, 1.82) is 0 Å². The van der Waals surface area contributed by atoms with Crippen LogP contribution < -0.4 is 9.64 Å². The molecule has 0 radical (unpaired) electrons. The van der Waals surface area contributed by atoms with E-state index in [9.17, 15) is 4.79 Å². The van der Waals surface area contributed by atoms with E-state index in [2.05, 4.69) is 60.4 Å². The Balaban J connectivity index is 1.45. The second-order valence-corrected chi connectivity index (χ2v) is 12.6. The van der Waals surface area contributed by atoms with Gasteiger partial charge in [0.1, 0.15) is 23.5 Å². The largest absolute Gasteiger partial charge is 0.462 e. The molecule has 5 rings (SSSR count). The van der Waals surface area contributed by atoms with Gasteiger partial charge in [0.05, 0.1) is 16.6 Å². The molecule has 0 N–H and O–H groups in total. The van der Waals surface area contributed by atoms with Crippen LogP contribution in [0.4, 0.5) is 15.0 Å². The first kappa shape index (κ1) is 25.2. The fraction of sp³-hybridized carbons (Fsp3) is 0.625. The molecule has 1 aromatic carbocycles. The molecule has 2 bridgehead atoms. The summed E-state index contributed by atoms with van der Waals surface area (Å²) in [4.78, 5) is 28.2. The quantitative estimate of drug-likeness (QED) is 0.344. The molecular formula is C24H30BrFIN5O3. The highest BCUT2D eigenvalue weighted by atomic mass is 127. The van der Waals surface area contributed by atoms with E-state index >= 15 is 4.39 Å². The number of halogens is 3. The predicted octanol–water partition coefficient (Wildman–Crippen LogP) is 4.81. The third-order valence-corrected chi connectivity index (χ3v) is 9.37. The molecule has 190 valence electrons. The Morgan fingerprint density at radius 1 is 1.29 bits per heavy atom. The first-order valence-electron chi connectivity index (χ1n) is 12.0. The number of fused-ring (bicyclic) bond motifs is 3. The Kier molecular flexibility index (Phi) is 6.79. The third kappa shape index (κ3) is 4.92. The van der Waals surface area contributed by atoms with Crippen LogP contribution in [0.15, 0.2) is 10.5 Å². The summed E-state index contributed by atoms with van der Waals surface area (Å²) in [6.07, 6.45) is 2.74. The molecule has 3 atom stereocenters. The van der Waals surface area contributed by atoms with Crippen LogP contribution in [0.25, 0.3) is 10.9 Å². The molecule has 1 amide bonds. The van der Waals surface area contributed by atoms with E-state index in [0.29, 0.717) is 41.4 Å². The van der Waals surface area contributed by atoms with Crippen molar-refractivity contribution >= 4 is 61.3 Å². The SMILES string of the molecule is CN1CCC[C@H]1COc1nc(N2C[C@@H]3C[C@H]2CN3C(=O)OC(C)(C)C)c2cc(I)c(Br)c(F)c2n1. The van der Waals surface area contributed by atoms with E-state index in [-0.39, 0.29) is 29.7 Å². The fourth-order valence-corrected chi connectivity index (χ4v) is 6.10. The lowest BCUT2D eigenvalue weighted by molar-refractivity contribution is 0.0214. The number of rotatable bonds is 4. The molecule has 35 heavy (non-hydrogen) atoms. The lowest BCUT2D eigenvalue weighted by Crippen LogP contribution is -2.50. The van der Waals surface area contributed by atoms with Gasteiger partial charge in [0.15, 0.2) is 5.82 Å². The minimum Gasteiger partial charge on any atom is -0.462 e. The summed E-state index contributed by atoms with van der Waals surface area (Å²) in [5, 5.41) is 0.650. The number of carbonyl (C=O) groups excluding carboxylic acids is 1. The van der Waals surface area contributed by atoms with Gasteiger partial charge in [-0.3, -0.25) is 0 Å². The van der Waals surface area contributed by atoms with Gasteiger partial charge in [-0.1, -0.05) is 0 Å². The highest BCUT2D eigenvalue weighted by molar-refractivity contribution is 14.1. The second kappa shape index (κ2) is 9.44. The van der Waals surface area contributed by atoms with Crippen LogP contribution in [-0.4, -0.2) is 82.9 Å². The first-order chi connectivity index (χ1) is 16.5. The molecule has 4 heterocycles. The summed E-state index contributed by atoms with van der Waals surface area (Å²) in [6, 6.07) is 2.49. The molecule has 1 aromatic heterocycles. The van der Waals surface area contributed by atoms with E-state index in [1.54, 1.807) is 0 Å². The molecule has 0 unspecified atom stereocenters. The maximum Gasteiger partial charge on any atom is 0.410 e. The minimum absolute atomic E-state index is 0.0238. The normalized spacial score (nSPS) is 24.6. The van der Waals surface area contributed by atoms with Gasteiger partial charge in [-0.2, -0.15) is 9.97 Å². The highest BCUT2D eigenvalue weighted by Gasteiger charge is 2.47. The lowest BCUT2D eigenvalue weighted by Gasteiger charge is -2.36. The van der Waals surface area contributed by atoms with Crippen LogP contribution in [0.3, 0.4) is 0 Å². The number of nitrogens with zero attached hydrogens (tertiary/aromatic N) is 5. The van der Waals surface area contributed by atoms with Crippen molar-refractivity contribution in [2.24, 2.45) is 0 Å². The zero-order chi connectivity index (χ0) is 25.1. The Morgan fingerprint density at radius 3 is 2.69 bits per heavy atom. The topological polar surface area (TPSA) is 71.0 Å². The molecule has 0 saturated carbocycles. The molecule has 3 fully saturated rings. The van der Waals surface area contributed by atoms with Crippen LogP contribution in [0, 0.1) is 9.39 Å². The van der Waals surface area contributed by atoms with Crippen LogP contribution in [0.2, 0.25) is 0 Å². The van der Waals surface area contributed by atoms with Crippen LogP contribution in [0.1, 0.15) is 40.0 Å². The molecule has 3 saturated heterocycles. The minimum atomic E-state index is -0.539. The van der Waals surface area contributed by atoms with Gasteiger partial charge in [-0.15, -0.1) is 0 Å². The zero-order valence-corrected chi connectivity index (χ0v) is 24.1. The number of amides is 1. The Bertz CT molecular complexity index is 1160. The molecular weight excluding hydrogens is 632 g/mol. The summed E-state index contributed by atoms with van der Waals surface area (Å²) in [6.45, 7) is 8.28. The standard InChI is InChI=1S/C24H30BrFIN5O3/c1-24(2,3)35-23(33)32-11-14-8-15(32)10-31(14)21-16-9-17(27)18(25)19(26)20(16)28-22(29-21)34-12-13-6-5-7-30(13)4/h9,13-15H,5-8,10-12H2,1-4H3/t13-,14-,15-/m0/s1. The average Bonchev–Trinajstić information content (AvgIpc) is 3.50. The summed E-state index contributed by atoms with van der Waals surface area (Å²) >= 11 is 5.46. The number of likely N-dealkylation sites (tertiary alicyclic amines) is 2. The molecule has 0 spiro atoms. The van der Waals surface area contributed by atoms with Gasteiger partial charge in [0.25, 0.3) is 0 Å². The predicted molar refractivity (Wildman–Crippen MR) is 144 cm³/mol. The smallest absolute Gasteiger partial charge is 0.410 e. The van der Waals surface area contributed by atoms with Crippen molar-refractivity contribution in [2.45, 2.75) is 63.8 Å².